The van der Waals surface area contributed by atoms with Crippen LogP contribution in [-0.2, 0) is 9.59 Å². The van der Waals surface area contributed by atoms with E-state index < -0.39 is 0 Å². The molecule has 2 aliphatic rings. The molecule has 19 heavy (non-hydrogen) atoms. The highest BCUT2D eigenvalue weighted by molar-refractivity contribution is 5.80. The molecule has 0 bridgehead atoms. The zero-order valence-electron chi connectivity index (χ0n) is 11.5. The number of carbonyl (C=O) groups is 2. The summed E-state index contributed by atoms with van der Waals surface area (Å²) < 4.78 is 0. The lowest BCUT2D eigenvalue weighted by molar-refractivity contribution is -0.135. The Labute approximate surface area is 114 Å². The van der Waals surface area contributed by atoms with Crippen molar-refractivity contribution in [3.05, 3.63) is 0 Å². The first-order chi connectivity index (χ1) is 9.16. The summed E-state index contributed by atoms with van der Waals surface area (Å²) in [5.74, 6) is 0.330. The summed E-state index contributed by atoms with van der Waals surface area (Å²) in [7, 11) is 0. The predicted molar refractivity (Wildman–Crippen MR) is 72.3 cm³/mol. The molecule has 2 rings (SSSR count). The van der Waals surface area contributed by atoms with Crippen LogP contribution in [0.5, 0.6) is 0 Å². The van der Waals surface area contributed by atoms with Crippen LogP contribution < -0.4 is 11.1 Å². The minimum Gasteiger partial charge on any atom is -0.369 e. The van der Waals surface area contributed by atoms with Gasteiger partial charge in [0.1, 0.15) is 0 Å². The second kappa shape index (κ2) is 6.89. The predicted octanol–water partition coefficient (Wildman–Crippen LogP) is 0.505. The van der Waals surface area contributed by atoms with E-state index in [1.54, 1.807) is 0 Å². The quantitative estimate of drug-likeness (QED) is 0.804. The van der Waals surface area contributed by atoms with E-state index in [1.165, 1.54) is 6.42 Å². The number of nitrogens with two attached hydrogens (primary N) is 1. The molecule has 2 fully saturated rings. The molecule has 2 aliphatic heterocycles. The van der Waals surface area contributed by atoms with Crippen LogP contribution >= 0.6 is 0 Å². The number of likely N-dealkylation sites (tertiary alicyclic amines) is 1. The van der Waals surface area contributed by atoms with Gasteiger partial charge in [0.2, 0.25) is 11.8 Å². The fourth-order valence-electron chi connectivity index (χ4n) is 3.01. The van der Waals surface area contributed by atoms with Gasteiger partial charge in [0.25, 0.3) is 0 Å². The third-order valence-electron chi connectivity index (χ3n) is 4.26. The Bertz CT molecular complexity index is 327. The number of piperidine rings is 2. The first-order valence-electron chi connectivity index (χ1n) is 7.37. The lowest BCUT2D eigenvalue weighted by atomic mass is 9.93. The Morgan fingerprint density at radius 1 is 1.26 bits per heavy atom. The minimum absolute atomic E-state index is 0.151. The van der Waals surface area contributed by atoms with Gasteiger partial charge in [0.05, 0.1) is 5.92 Å². The van der Waals surface area contributed by atoms with Crippen molar-refractivity contribution < 1.29 is 9.59 Å². The first kappa shape index (κ1) is 14.3. The van der Waals surface area contributed by atoms with Crippen LogP contribution in [0, 0.1) is 11.8 Å². The number of amides is 2. The summed E-state index contributed by atoms with van der Waals surface area (Å²) in [6.07, 6.45) is 5.58. The van der Waals surface area contributed by atoms with Crippen LogP contribution in [-0.4, -0.2) is 42.9 Å². The van der Waals surface area contributed by atoms with E-state index in [-0.39, 0.29) is 17.7 Å². The monoisotopic (exact) mass is 266 g/mol. The van der Waals surface area contributed by atoms with E-state index in [4.69, 9.17) is 5.73 Å². The van der Waals surface area contributed by atoms with Crippen molar-refractivity contribution in [3.63, 3.8) is 0 Å². The van der Waals surface area contributed by atoms with Gasteiger partial charge in [-0.05, 0) is 38.0 Å². The Balaban J connectivity index is 1.74. The molecule has 0 aliphatic carbocycles. The van der Waals surface area contributed by atoms with Gasteiger partial charge in [-0.2, -0.15) is 0 Å². The average Bonchev–Trinajstić information content (AvgIpc) is 2.46. The number of nitrogens with zero attached hydrogens (tertiary/aromatic N) is 2. The first-order valence-corrected chi connectivity index (χ1v) is 7.37. The van der Waals surface area contributed by atoms with Crippen LogP contribution in [0.3, 0.4) is 0 Å². The van der Waals surface area contributed by atoms with Gasteiger partial charge in [-0.15, -0.1) is 0 Å². The molecule has 107 valence electrons. The maximum Gasteiger partial charge on any atom is 0.222 e. The van der Waals surface area contributed by atoms with Crippen LogP contribution in [0.1, 0.15) is 38.5 Å². The molecule has 2 saturated heterocycles. The molecule has 0 aromatic carbocycles. The van der Waals surface area contributed by atoms with E-state index >= 15 is 0 Å². The van der Waals surface area contributed by atoms with Gasteiger partial charge >= 0.3 is 0 Å². The van der Waals surface area contributed by atoms with Gasteiger partial charge in [0, 0.05) is 32.6 Å². The number of carbonyl (C=O) groups excluding carboxylic acids is 2. The van der Waals surface area contributed by atoms with Crippen molar-refractivity contribution in [2.45, 2.75) is 38.5 Å². The van der Waals surface area contributed by atoms with E-state index in [1.807, 2.05) is 4.90 Å². The Kier molecular flexibility index (Phi) is 5.19. The highest BCUT2D eigenvalue weighted by atomic mass is 16.2. The number of hydrogen-bond donors (Lipinski definition) is 1. The highest BCUT2D eigenvalue weighted by Crippen LogP contribution is 2.20. The molecule has 5 heteroatoms. The Hall–Kier alpha value is -1.10. The van der Waals surface area contributed by atoms with Crippen molar-refractivity contribution in [1.82, 2.24) is 10.2 Å². The smallest absolute Gasteiger partial charge is 0.222 e. The van der Waals surface area contributed by atoms with Gasteiger partial charge in [-0.25, -0.2) is 5.32 Å². The SMILES string of the molecule is NC(=O)C1CCCN(C(=O)CCC2CCC[N]C2)C1. The van der Waals surface area contributed by atoms with Crippen molar-refractivity contribution in [1.29, 1.82) is 0 Å². The van der Waals surface area contributed by atoms with Crippen LogP contribution in [0.4, 0.5) is 0 Å². The third-order valence-corrected chi connectivity index (χ3v) is 4.26. The molecule has 0 saturated carbocycles. The Morgan fingerprint density at radius 2 is 2.11 bits per heavy atom. The normalized spacial score (nSPS) is 28.1. The van der Waals surface area contributed by atoms with Gasteiger partial charge in [-0.3, -0.25) is 9.59 Å². The lowest BCUT2D eigenvalue weighted by Gasteiger charge is -2.32. The number of rotatable bonds is 4. The van der Waals surface area contributed by atoms with Crippen LogP contribution in [0.15, 0.2) is 0 Å². The summed E-state index contributed by atoms with van der Waals surface area (Å²) in [4.78, 5) is 25.2. The molecule has 1 radical (unpaired) electrons. The van der Waals surface area contributed by atoms with Gasteiger partial charge in [0.15, 0.2) is 0 Å². The molecule has 0 aromatic rings. The molecular formula is C14H24N3O2. The zero-order valence-corrected chi connectivity index (χ0v) is 11.5. The highest BCUT2D eigenvalue weighted by Gasteiger charge is 2.27. The molecular weight excluding hydrogens is 242 g/mol. The molecule has 2 atom stereocenters. The van der Waals surface area contributed by atoms with Gasteiger partial charge in [-0.1, -0.05) is 0 Å². The van der Waals surface area contributed by atoms with Crippen molar-refractivity contribution >= 4 is 11.8 Å². The van der Waals surface area contributed by atoms with Crippen molar-refractivity contribution in [2.75, 3.05) is 26.2 Å². The van der Waals surface area contributed by atoms with E-state index in [0.717, 1.165) is 45.3 Å². The second-order valence-electron chi connectivity index (χ2n) is 5.76. The van der Waals surface area contributed by atoms with Crippen molar-refractivity contribution in [2.24, 2.45) is 17.6 Å². The summed E-state index contributed by atoms with van der Waals surface area (Å²) in [5.41, 5.74) is 5.33. The molecule has 2 amide bonds. The fraction of sp³-hybridized carbons (Fsp3) is 0.857. The largest absolute Gasteiger partial charge is 0.369 e. The van der Waals surface area contributed by atoms with Gasteiger partial charge < -0.3 is 10.6 Å². The van der Waals surface area contributed by atoms with Crippen LogP contribution in [0.2, 0.25) is 0 Å². The third kappa shape index (κ3) is 4.20. The van der Waals surface area contributed by atoms with Crippen molar-refractivity contribution in [3.8, 4) is 0 Å². The number of hydrogen-bond acceptors (Lipinski definition) is 2. The second-order valence-corrected chi connectivity index (χ2v) is 5.76. The molecule has 2 heterocycles. The summed E-state index contributed by atoms with van der Waals surface area (Å²) in [5, 5.41) is 4.40. The topological polar surface area (TPSA) is 77.5 Å². The molecule has 0 aromatic heterocycles. The van der Waals surface area contributed by atoms with Crippen LogP contribution in [0.25, 0.3) is 0 Å². The van der Waals surface area contributed by atoms with E-state index in [0.29, 0.717) is 18.9 Å². The molecule has 2 N–H and O–H groups in total. The maximum absolute atomic E-state index is 12.2. The zero-order chi connectivity index (χ0) is 13.7. The Morgan fingerprint density at radius 3 is 2.79 bits per heavy atom. The summed E-state index contributed by atoms with van der Waals surface area (Å²) >= 11 is 0. The maximum atomic E-state index is 12.2. The lowest BCUT2D eigenvalue weighted by Crippen LogP contribution is -2.44. The fourth-order valence-corrected chi connectivity index (χ4v) is 3.01. The van der Waals surface area contributed by atoms with E-state index in [2.05, 4.69) is 5.32 Å². The summed E-state index contributed by atoms with van der Waals surface area (Å²) in [6.45, 7) is 3.19. The molecule has 2 unspecified atom stereocenters. The van der Waals surface area contributed by atoms with E-state index in [9.17, 15) is 9.59 Å². The average molecular weight is 266 g/mol. The standard InChI is InChI=1S/C14H24N3O2/c15-14(19)12-4-2-8-17(10-12)13(18)6-5-11-3-1-7-16-9-11/h11-12H,1-10H2,(H2,15,19). The minimum atomic E-state index is -0.274. The summed E-state index contributed by atoms with van der Waals surface area (Å²) in [6, 6.07) is 0. The molecule has 0 spiro atoms. The molecule has 5 nitrogen and oxygen atoms in total. The number of primary amides is 1.